The smallest absolute Gasteiger partial charge is 0.0300 e. The summed E-state index contributed by atoms with van der Waals surface area (Å²) in [4.78, 5) is 0. The standard InChI is InChI=1S/C15H25N/c1-11(2)10-14(16)12-8-6-7-9-13(12)15(3,4)5/h6-9,11,14H,10,16H2,1-5H3. The van der Waals surface area contributed by atoms with E-state index in [-0.39, 0.29) is 11.5 Å². The monoisotopic (exact) mass is 219 g/mol. The molecule has 1 aromatic carbocycles. The minimum Gasteiger partial charge on any atom is -0.324 e. The molecule has 0 amide bonds. The molecule has 0 aliphatic carbocycles. The van der Waals surface area contributed by atoms with E-state index >= 15 is 0 Å². The van der Waals surface area contributed by atoms with E-state index in [1.165, 1.54) is 11.1 Å². The molecular formula is C15H25N. The lowest BCUT2D eigenvalue weighted by Gasteiger charge is -2.26. The maximum Gasteiger partial charge on any atom is 0.0300 e. The molecule has 2 N–H and O–H groups in total. The predicted octanol–water partition coefficient (Wildman–Crippen LogP) is 4.03. The molecule has 1 rings (SSSR count). The van der Waals surface area contributed by atoms with Crippen molar-refractivity contribution in [2.45, 2.75) is 52.5 Å². The van der Waals surface area contributed by atoms with Gasteiger partial charge in [-0.05, 0) is 28.9 Å². The molecule has 0 aromatic heterocycles. The van der Waals surface area contributed by atoms with Crippen molar-refractivity contribution in [2.75, 3.05) is 0 Å². The highest BCUT2D eigenvalue weighted by molar-refractivity contribution is 5.35. The van der Waals surface area contributed by atoms with Gasteiger partial charge in [0.25, 0.3) is 0 Å². The zero-order valence-electron chi connectivity index (χ0n) is 11.2. The first-order valence-corrected chi connectivity index (χ1v) is 6.17. The first-order chi connectivity index (χ1) is 7.32. The molecule has 0 bridgehead atoms. The molecule has 0 fully saturated rings. The Hall–Kier alpha value is -0.820. The maximum absolute atomic E-state index is 6.29. The van der Waals surface area contributed by atoms with Crippen LogP contribution in [-0.4, -0.2) is 0 Å². The Morgan fingerprint density at radius 3 is 2.19 bits per heavy atom. The quantitative estimate of drug-likeness (QED) is 0.816. The molecule has 0 aliphatic rings. The predicted molar refractivity (Wildman–Crippen MR) is 71.5 cm³/mol. The third-order valence-electron chi connectivity index (χ3n) is 2.89. The van der Waals surface area contributed by atoms with Gasteiger partial charge in [0.05, 0.1) is 0 Å². The second-order valence-electron chi connectivity index (χ2n) is 6.07. The Morgan fingerprint density at radius 1 is 1.12 bits per heavy atom. The molecule has 1 nitrogen and oxygen atoms in total. The molecule has 1 unspecified atom stereocenters. The lowest BCUT2D eigenvalue weighted by Crippen LogP contribution is -2.20. The topological polar surface area (TPSA) is 26.0 Å². The van der Waals surface area contributed by atoms with E-state index in [0.717, 1.165) is 6.42 Å². The largest absolute Gasteiger partial charge is 0.324 e. The van der Waals surface area contributed by atoms with Gasteiger partial charge in [0.15, 0.2) is 0 Å². The van der Waals surface area contributed by atoms with Crippen LogP contribution in [0.4, 0.5) is 0 Å². The van der Waals surface area contributed by atoms with Crippen molar-refractivity contribution in [1.29, 1.82) is 0 Å². The molecule has 1 heteroatoms. The summed E-state index contributed by atoms with van der Waals surface area (Å²) >= 11 is 0. The van der Waals surface area contributed by atoms with Crippen molar-refractivity contribution in [1.82, 2.24) is 0 Å². The van der Waals surface area contributed by atoms with Gasteiger partial charge < -0.3 is 5.73 Å². The Balaban J connectivity index is 3.04. The summed E-state index contributed by atoms with van der Waals surface area (Å²) in [6.07, 6.45) is 1.05. The van der Waals surface area contributed by atoms with Gasteiger partial charge in [-0.1, -0.05) is 58.9 Å². The minimum atomic E-state index is 0.162. The van der Waals surface area contributed by atoms with Gasteiger partial charge in [-0.2, -0.15) is 0 Å². The molecule has 0 saturated heterocycles. The summed E-state index contributed by atoms with van der Waals surface area (Å²) in [6.45, 7) is 11.2. The summed E-state index contributed by atoms with van der Waals surface area (Å²) in [5.74, 6) is 0.642. The molecule has 0 aliphatic heterocycles. The molecule has 1 atom stereocenters. The normalized spacial score (nSPS) is 14.2. The van der Waals surface area contributed by atoms with E-state index in [1.807, 2.05) is 0 Å². The molecule has 90 valence electrons. The van der Waals surface area contributed by atoms with E-state index in [0.29, 0.717) is 5.92 Å². The highest BCUT2D eigenvalue weighted by atomic mass is 14.6. The third kappa shape index (κ3) is 3.34. The average molecular weight is 219 g/mol. The molecule has 0 heterocycles. The van der Waals surface area contributed by atoms with E-state index in [4.69, 9.17) is 5.73 Å². The van der Waals surface area contributed by atoms with Gasteiger partial charge in [0.1, 0.15) is 0 Å². The first kappa shape index (κ1) is 13.2. The minimum absolute atomic E-state index is 0.162. The summed E-state index contributed by atoms with van der Waals surface area (Å²) in [5, 5.41) is 0. The van der Waals surface area contributed by atoms with Crippen LogP contribution in [0, 0.1) is 5.92 Å². The van der Waals surface area contributed by atoms with Crippen molar-refractivity contribution < 1.29 is 0 Å². The fourth-order valence-corrected chi connectivity index (χ4v) is 2.14. The van der Waals surface area contributed by atoms with Crippen LogP contribution in [0.1, 0.15) is 58.2 Å². The molecule has 1 aromatic rings. The van der Waals surface area contributed by atoms with Crippen molar-refractivity contribution in [3.63, 3.8) is 0 Å². The Bertz CT molecular complexity index is 334. The second kappa shape index (κ2) is 5.01. The molecule has 16 heavy (non-hydrogen) atoms. The lowest BCUT2D eigenvalue weighted by molar-refractivity contribution is 0.495. The van der Waals surface area contributed by atoms with Gasteiger partial charge in [-0.15, -0.1) is 0 Å². The first-order valence-electron chi connectivity index (χ1n) is 6.17. The van der Waals surface area contributed by atoms with Crippen LogP contribution in [0.5, 0.6) is 0 Å². The molecule has 0 radical (unpaired) electrons. The lowest BCUT2D eigenvalue weighted by atomic mass is 9.81. The van der Waals surface area contributed by atoms with Crippen LogP contribution >= 0.6 is 0 Å². The van der Waals surface area contributed by atoms with Crippen molar-refractivity contribution in [3.05, 3.63) is 35.4 Å². The Morgan fingerprint density at radius 2 is 1.69 bits per heavy atom. The highest BCUT2D eigenvalue weighted by Gasteiger charge is 2.20. The fraction of sp³-hybridized carbons (Fsp3) is 0.600. The number of hydrogen-bond donors (Lipinski definition) is 1. The SMILES string of the molecule is CC(C)CC(N)c1ccccc1C(C)(C)C. The van der Waals surface area contributed by atoms with Gasteiger partial charge in [-0.25, -0.2) is 0 Å². The number of nitrogens with two attached hydrogens (primary N) is 1. The van der Waals surface area contributed by atoms with E-state index in [9.17, 15) is 0 Å². The second-order valence-corrected chi connectivity index (χ2v) is 6.07. The van der Waals surface area contributed by atoms with Crippen LogP contribution in [0.3, 0.4) is 0 Å². The maximum atomic E-state index is 6.29. The van der Waals surface area contributed by atoms with Crippen LogP contribution in [0.15, 0.2) is 24.3 Å². The third-order valence-corrected chi connectivity index (χ3v) is 2.89. The number of benzene rings is 1. The molecule has 0 spiro atoms. The molecule has 0 saturated carbocycles. The number of rotatable bonds is 3. The van der Waals surface area contributed by atoms with Crippen LogP contribution in [0.25, 0.3) is 0 Å². The summed E-state index contributed by atoms with van der Waals surface area (Å²) in [5.41, 5.74) is 9.15. The van der Waals surface area contributed by atoms with Gasteiger partial charge in [0, 0.05) is 6.04 Å². The molecular weight excluding hydrogens is 194 g/mol. The van der Waals surface area contributed by atoms with Gasteiger partial charge in [-0.3, -0.25) is 0 Å². The summed E-state index contributed by atoms with van der Waals surface area (Å²) < 4.78 is 0. The van der Waals surface area contributed by atoms with Crippen molar-refractivity contribution >= 4 is 0 Å². The average Bonchev–Trinajstić information content (AvgIpc) is 2.15. The van der Waals surface area contributed by atoms with Crippen molar-refractivity contribution in [3.8, 4) is 0 Å². The zero-order valence-corrected chi connectivity index (χ0v) is 11.2. The Kier molecular flexibility index (Phi) is 4.15. The van der Waals surface area contributed by atoms with Crippen LogP contribution < -0.4 is 5.73 Å². The van der Waals surface area contributed by atoms with E-state index < -0.39 is 0 Å². The summed E-state index contributed by atoms with van der Waals surface area (Å²) in [7, 11) is 0. The summed E-state index contributed by atoms with van der Waals surface area (Å²) in [6, 6.07) is 8.73. The Labute approximate surface area is 100 Å². The van der Waals surface area contributed by atoms with Crippen LogP contribution in [-0.2, 0) is 5.41 Å². The van der Waals surface area contributed by atoms with Gasteiger partial charge >= 0.3 is 0 Å². The van der Waals surface area contributed by atoms with Crippen LogP contribution in [0.2, 0.25) is 0 Å². The fourth-order valence-electron chi connectivity index (χ4n) is 2.14. The van der Waals surface area contributed by atoms with Gasteiger partial charge in [0.2, 0.25) is 0 Å². The van der Waals surface area contributed by atoms with E-state index in [1.54, 1.807) is 0 Å². The number of hydrogen-bond acceptors (Lipinski definition) is 1. The highest BCUT2D eigenvalue weighted by Crippen LogP contribution is 2.30. The van der Waals surface area contributed by atoms with E-state index in [2.05, 4.69) is 58.9 Å². The van der Waals surface area contributed by atoms with Crippen molar-refractivity contribution in [2.24, 2.45) is 11.7 Å². The zero-order chi connectivity index (χ0) is 12.3.